The largest absolute Gasteiger partial charge is 0.495 e. The Kier molecular flexibility index (Phi) is 6.31. The molecule has 0 aliphatic carbocycles. The molecule has 166 valence electrons. The van der Waals surface area contributed by atoms with Crippen LogP contribution in [0.3, 0.4) is 0 Å². The van der Waals surface area contributed by atoms with Crippen molar-refractivity contribution in [2.45, 2.75) is 25.8 Å². The van der Waals surface area contributed by atoms with Crippen molar-refractivity contribution >= 4 is 34.6 Å². The van der Waals surface area contributed by atoms with Gasteiger partial charge in [-0.3, -0.25) is 4.79 Å². The van der Waals surface area contributed by atoms with Gasteiger partial charge in [0.2, 0.25) is 5.01 Å². The summed E-state index contributed by atoms with van der Waals surface area (Å²) in [6.45, 7) is 2.51. The van der Waals surface area contributed by atoms with E-state index < -0.39 is 5.91 Å². The molecule has 2 aromatic carbocycles. The molecule has 1 fully saturated rings. The number of anilines is 2. The van der Waals surface area contributed by atoms with Crippen LogP contribution in [0.1, 0.15) is 39.3 Å². The molecule has 32 heavy (non-hydrogen) atoms. The van der Waals surface area contributed by atoms with E-state index in [1.54, 1.807) is 12.0 Å². The molecule has 1 atom stereocenters. The molecule has 2 N–H and O–H groups in total. The van der Waals surface area contributed by atoms with Gasteiger partial charge in [0.1, 0.15) is 16.6 Å². The molecule has 0 radical (unpaired) electrons. The lowest BCUT2D eigenvalue weighted by atomic mass is 10.2. The Hall–Kier alpha value is -3.53. The number of aromatic nitrogens is 2. The normalized spacial score (nSPS) is 15.5. The summed E-state index contributed by atoms with van der Waals surface area (Å²) in [5.74, 6) is -0.238. The van der Waals surface area contributed by atoms with Crippen LogP contribution in [0.15, 0.2) is 42.5 Å². The van der Waals surface area contributed by atoms with Gasteiger partial charge in [0.15, 0.2) is 0 Å². The number of halogens is 1. The number of likely N-dealkylation sites (tertiary alicyclic amines) is 1. The second-order valence-electron chi connectivity index (χ2n) is 7.39. The molecule has 1 aliphatic rings. The molecule has 8 nitrogen and oxygen atoms in total. The summed E-state index contributed by atoms with van der Waals surface area (Å²) in [5, 5.41) is 14.5. The van der Waals surface area contributed by atoms with Gasteiger partial charge < -0.3 is 20.3 Å². The highest BCUT2D eigenvalue weighted by atomic mass is 32.1. The highest BCUT2D eigenvalue weighted by Crippen LogP contribution is 2.35. The number of hydrogen-bond donors (Lipinski definition) is 2. The van der Waals surface area contributed by atoms with Gasteiger partial charge in [0.25, 0.3) is 5.91 Å². The predicted octanol–water partition coefficient (Wildman–Crippen LogP) is 4.62. The fraction of sp³-hybridized carbons (Fsp3) is 0.273. The Morgan fingerprint density at radius 2 is 1.94 bits per heavy atom. The van der Waals surface area contributed by atoms with Crippen LogP contribution < -0.4 is 15.4 Å². The van der Waals surface area contributed by atoms with Crippen LogP contribution in [0.2, 0.25) is 0 Å². The number of benzene rings is 2. The Bertz CT molecular complexity index is 1130. The van der Waals surface area contributed by atoms with E-state index in [-0.39, 0.29) is 22.9 Å². The third kappa shape index (κ3) is 4.70. The van der Waals surface area contributed by atoms with E-state index in [4.69, 9.17) is 4.74 Å². The van der Waals surface area contributed by atoms with E-state index in [0.717, 1.165) is 29.7 Å². The minimum atomic E-state index is -0.432. The van der Waals surface area contributed by atoms with E-state index in [1.807, 2.05) is 25.1 Å². The smallest absolute Gasteiger partial charge is 0.322 e. The predicted molar refractivity (Wildman–Crippen MR) is 120 cm³/mol. The van der Waals surface area contributed by atoms with Crippen molar-refractivity contribution in [1.29, 1.82) is 0 Å². The molecule has 3 aromatic rings. The monoisotopic (exact) mass is 455 g/mol. The standard InChI is InChI=1S/C22H22FN5O3S/c1-13-5-10-18(31-2)16(12-13)25-22(30)28-11-3-4-17(28)20-26-27-21(32-20)19(29)24-15-8-6-14(23)7-9-15/h5-10,12,17H,3-4,11H2,1-2H3,(H,24,29)(H,25,30). The molecule has 1 aliphatic heterocycles. The molecule has 1 unspecified atom stereocenters. The van der Waals surface area contributed by atoms with Crippen molar-refractivity contribution in [2.24, 2.45) is 0 Å². The third-order valence-corrected chi connectivity index (χ3v) is 6.16. The summed E-state index contributed by atoms with van der Waals surface area (Å²) in [5.41, 5.74) is 2.06. The number of carbonyl (C=O) groups is 2. The molecular weight excluding hydrogens is 433 g/mol. The first kappa shape index (κ1) is 21.7. The molecule has 3 amide bonds. The Labute approximate surface area is 188 Å². The summed E-state index contributed by atoms with van der Waals surface area (Å²) >= 11 is 1.14. The zero-order valence-electron chi connectivity index (χ0n) is 17.6. The number of nitrogens with zero attached hydrogens (tertiary/aromatic N) is 3. The van der Waals surface area contributed by atoms with Crippen molar-refractivity contribution in [3.63, 3.8) is 0 Å². The number of amides is 3. The molecule has 0 bridgehead atoms. The van der Waals surface area contributed by atoms with Gasteiger partial charge in [0.05, 0.1) is 18.8 Å². The number of urea groups is 1. The van der Waals surface area contributed by atoms with E-state index >= 15 is 0 Å². The molecule has 10 heteroatoms. The molecule has 1 saturated heterocycles. The molecule has 2 heterocycles. The average molecular weight is 456 g/mol. The summed E-state index contributed by atoms with van der Waals surface area (Å²) in [6, 6.07) is 10.5. The highest BCUT2D eigenvalue weighted by Gasteiger charge is 2.33. The number of ether oxygens (including phenoxy) is 1. The van der Waals surface area contributed by atoms with E-state index in [2.05, 4.69) is 20.8 Å². The van der Waals surface area contributed by atoms with E-state index in [9.17, 15) is 14.0 Å². The van der Waals surface area contributed by atoms with Crippen LogP contribution in [0.25, 0.3) is 0 Å². The fourth-order valence-corrected chi connectivity index (χ4v) is 4.44. The van der Waals surface area contributed by atoms with Gasteiger partial charge in [-0.25, -0.2) is 9.18 Å². The fourth-order valence-electron chi connectivity index (χ4n) is 3.55. The van der Waals surface area contributed by atoms with Crippen LogP contribution in [0.4, 0.5) is 20.6 Å². The van der Waals surface area contributed by atoms with Crippen molar-refractivity contribution in [1.82, 2.24) is 15.1 Å². The average Bonchev–Trinajstić information content (AvgIpc) is 3.45. The zero-order chi connectivity index (χ0) is 22.7. The quantitative estimate of drug-likeness (QED) is 0.585. The molecular formula is C22H22FN5O3S. The van der Waals surface area contributed by atoms with Gasteiger partial charge in [-0.2, -0.15) is 0 Å². The van der Waals surface area contributed by atoms with Crippen molar-refractivity contribution < 1.29 is 18.7 Å². The second kappa shape index (κ2) is 9.31. The maximum atomic E-state index is 13.0. The minimum absolute atomic E-state index is 0.178. The maximum Gasteiger partial charge on any atom is 0.322 e. The lowest BCUT2D eigenvalue weighted by Crippen LogP contribution is -2.34. The Morgan fingerprint density at radius 3 is 2.69 bits per heavy atom. The topological polar surface area (TPSA) is 96.4 Å². The Balaban J connectivity index is 1.46. The summed E-state index contributed by atoms with van der Waals surface area (Å²) < 4.78 is 18.4. The van der Waals surface area contributed by atoms with Gasteiger partial charge in [-0.15, -0.1) is 10.2 Å². The second-order valence-corrected chi connectivity index (χ2v) is 8.40. The van der Waals surface area contributed by atoms with Crippen molar-refractivity contribution in [3.8, 4) is 5.75 Å². The minimum Gasteiger partial charge on any atom is -0.495 e. The van der Waals surface area contributed by atoms with E-state index in [0.29, 0.717) is 28.7 Å². The third-order valence-electron chi connectivity index (χ3n) is 5.13. The molecule has 0 saturated carbocycles. The number of carbonyl (C=O) groups excluding carboxylic acids is 2. The summed E-state index contributed by atoms with van der Waals surface area (Å²) in [4.78, 5) is 27.2. The van der Waals surface area contributed by atoms with Crippen LogP contribution in [0, 0.1) is 12.7 Å². The van der Waals surface area contributed by atoms with Gasteiger partial charge in [-0.05, 0) is 61.7 Å². The first-order valence-corrected chi connectivity index (χ1v) is 10.9. The van der Waals surface area contributed by atoms with Crippen LogP contribution in [-0.4, -0.2) is 40.7 Å². The highest BCUT2D eigenvalue weighted by molar-refractivity contribution is 7.13. The summed E-state index contributed by atoms with van der Waals surface area (Å²) in [6.07, 6.45) is 1.55. The number of rotatable bonds is 5. The lowest BCUT2D eigenvalue weighted by Gasteiger charge is -2.23. The molecule has 0 spiro atoms. The van der Waals surface area contributed by atoms with Crippen LogP contribution in [0.5, 0.6) is 5.75 Å². The van der Waals surface area contributed by atoms with Gasteiger partial charge in [-0.1, -0.05) is 17.4 Å². The first-order valence-electron chi connectivity index (χ1n) is 10.1. The molecule has 4 rings (SSSR count). The van der Waals surface area contributed by atoms with Crippen molar-refractivity contribution in [3.05, 3.63) is 63.9 Å². The molecule has 1 aromatic heterocycles. The zero-order valence-corrected chi connectivity index (χ0v) is 18.4. The Morgan fingerprint density at radius 1 is 1.16 bits per heavy atom. The van der Waals surface area contributed by atoms with Gasteiger partial charge >= 0.3 is 6.03 Å². The van der Waals surface area contributed by atoms with E-state index in [1.165, 1.54) is 24.3 Å². The summed E-state index contributed by atoms with van der Waals surface area (Å²) in [7, 11) is 1.55. The van der Waals surface area contributed by atoms with Crippen molar-refractivity contribution in [2.75, 3.05) is 24.3 Å². The van der Waals surface area contributed by atoms with Gasteiger partial charge in [0, 0.05) is 12.2 Å². The first-order chi connectivity index (χ1) is 15.4. The SMILES string of the molecule is COc1ccc(C)cc1NC(=O)N1CCCC1c1nnc(C(=O)Nc2ccc(F)cc2)s1. The maximum absolute atomic E-state index is 13.0. The lowest BCUT2D eigenvalue weighted by molar-refractivity contribution is 0.102. The van der Waals surface area contributed by atoms with Crippen LogP contribution >= 0.6 is 11.3 Å². The number of aryl methyl sites for hydroxylation is 1. The number of nitrogens with one attached hydrogen (secondary N) is 2. The number of hydrogen-bond acceptors (Lipinski definition) is 6. The van der Waals surface area contributed by atoms with Crippen LogP contribution in [-0.2, 0) is 0 Å². The number of methoxy groups -OCH3 is 1.